The Morgan fingerprint density at radius 2 is 1.30 bits per heavy atom. The summed E-state index contributed by atoms with van der Waals surface area (Å²) in [6, 6.07) is 17.8. The Kier molecular flexibility index (Phi) is 4.88. The van der Waals surface area contributed by atoms with Crippen LogP contribution in [0.5, 0.6) is 0 Å². The number of β-amino-alcohol motifs (C(OH)–C–C–N with tert-alkyl or cyclic N) is 1. The molecule has 0 amide bonds. The van der Waals surface area contributed by atoms with Crippen molar-refractivity contribution in [3.05, 3.63) is 48.5 Å². The molecule has 33 heavy (non-hydrogen) atoms. The molecule has 5 aliphatic rings. The van der Waals surface area contributed by atoms with Crippen LogP contribution in [-0.4, -0.2) is 40.3 Å². The van der Waals surface area contributed by atoms with Crippen LogP contribution in [0, 0.1) is 29.1 Å². The third-order valence-corrected chi connectivity index (χ3v) is 10.1. The first-order valence-corrected chi connectivity index (χ1v) is 13.5. The highest BCUT2D eigenvalue weighted by Crippen LogP contribution is 2.61. The van der Waals surface area contributed by atoms with Gasteiger partial charge >= 0.3 is 0 Å². The van der Waals surface area contributed by atoms with Crippen molar-refractivity contribution < 1.29 is 5.11 Å². The average molecular weight is 443 g/mol. The van der Waals surface area contributed by atoms with Crippen molar-refractivity contribution in [3.8, 4) is 0 Å². The van der Waals surface area contributed by atoms with E-state index < -0.39 is 0 Å². The predicted octanol–water partition coefficient (Wildman–Crippen LogP) is 6.08. The number of hydrogen-bond acceptors (Lipinski definition) is 2. The van der Waals surface area contributed by atoms with Crippen molar-refractivity contribution in [2.24, 2.45) is 29.1 Å². The van der Waals surface area contributed by atoms with Crippen molar-refractivity contribution in [2.45, 2.75) is 64.0 Å². The number of piperidine rings is 1. The summed E-state index contributed by atoms with van der Waals surface area (Å²) in [5.74, 6) is 3.48. The van der Waals surface area contributed by atoms with Gasteiger partial charge in [0.05, 0.1) is 6.10 Å². The zero-order chi connectivity index (χ0) is 22.0. The van der Waals surface area contributed by atoms with Gasteiger partial charge in [0, 0.05) is 34.9 Å². The second-order valence-corrected chi connectivity index (χ2v) is 12.2. The van der Waals surface area contributed by atoms with E-state index in [1.54, 1.807) is 0 Å². The lowest BCUT2D eigenvalue weighted by Gasteiger charge is -2.59. The standard InChI is InChI=1S/C30H38N2O/c33-29(30-16-22-13-23(17-30)15-24(14-22)18-30)20-31-11-9-21(10-12-31)19-32-27-7-3-1-5-25(27)26-6-2-4-8-28(26)32/h1-8,21-24,29,33H,9-20H2/t22?,23?,24?,29-,30?/m0/s1. The lowest BCUT2D eigenvalue weighted by atomic mass is 9.48. The molecule has 8 rings (SSSR count). The number of fused-ring (bicyclic) bond motifs is 3. The average Bonchev–Trinajstić information content (AvgIpc) is 3.13. The molecule has 0 spiro atoms. The van der Waals surface area contributed by atoms with Crippen molar-refractivity contribution in [3.63, 3.8) is 0 Å². The molecule has 174 valence electrons. The number of benzene rings is 2. The summed E-state index contributed by atoms with van der Waals surface area (Å²) in [6.45, 7) is 4.31. The second-order valence-electron chi connectivity index (χ2n) is 12.2. The van der Waals surface area contributed by atoms with E-state index in [0.717, 1.165) is 49.9 Å². The lowest BCUT2D eigenvalue weighted by molar-refractivity contribution is -0.128. The van der Waals surface area contributed by atoms with Gasteiger partial charge in [-0.15, -0.1) is 0 Å². The predicted molar refractivity (Wildman–Crippen MR) is 135 cm³/mol. The summed E-state index contributed by atoms with van der Waals surface area (Å²) in [5, 5.41) is 14.2. The van der Waals surface area contributed by atoms with Crippen molar-refractivity contribution in [1.82, 2.24) is 9.47 Å². The largest absolute Gasteiger partial charge is 0.391 e. The molecule has 0 radical (unpaired) electrons. The minimum Gasteiger partial charge on any atom is -0.391 e. The summed E-state index contributed by atoms with van der Waals surface area (Å²) in [7, 11) is 0. The molecule has 4 saturated carbocycles. The number of rotatable bonds is 5. The first-order valence-electron chi connectivity index (χ1n) is 13.5. The van der Waals surface area contributed by atoms with E-state index >= 15 is 0 Å². The Labute approximate surface area is 197 Å². The van der Waals surface area contributed by atoms with Gasteiger partial charge in [-0.3, -0.25) is 0 Å². The maximum Gasteiger partial charge on any atom is 0.0723 e. The summed E-state index contributed by atoms with van der Waals surface area (Å²) < 4.78 is 2.56. The van der Waals surface area contributed by atoms with Gasteiger partial charge < -0.3 is 14.6 Å². The van der Waals surface area contributed by atoms with Crippen LogP contribution in [0.3, 0.4) is 0 Å². The van der Waals surface area contributed by atoms with Gasteiger partial charge in [0.1, 0.15) is 0 Å². The maximum absolute atomic E-state index is 11.4. The molecule has 1 aromatic heterocycles. The molecule has 2 heterocycles. The summed E-state index contributed by atoms with van der Waals surface area (Å²) >= 11 is 0. The van der Waals surface area contributed by atoms with E-state index in [1.807, 2.05) is 0 Å². The number of para-hydroxylation sites is 2. The second kappa shape index (κ2) is 7.85. The highest BCUT2D eigenvalue weighted by atomic mass is 16.3. The minimum atomic E-state index is -0.111. The SMILES string of the molecule is O[C@@H](CN1CCC(Cn2c3ccccc3c3ccccc32)CC1)C12CC3CC(CC(C3)C1)C2. The van der Waals surface area contributed by atoms with E-state index in [4.69, 9.17) is 0 Å². The highest BCUT2D eigenvalue weighted by molar-refractivity contribution is 6.07. The number of hydrogen-bond donors (Lipinski definition) is 1. The zero-order valence-electron chi connectivity index (χ0n) is 19.8. The molecule has 1 N–H and O–H groups in total. The number of aliphatic hydroxyl groups excluding tert-OH is 1. The molecule has 2 aromatic carbocycles. The molecule has 1 atom stereocenters. The van der Waals surface area contributed by atoms with Crippen molar-refractivity contribution >= 4 is 21.8 Å². The number of nitrogens with zero attached hydrogens (tertiary/aromatic N) is 2. The van der Waals surface area contributed by atoms with Gasteiger partial charge in [0.15, 0.2) is 0 Å². The van der Waals surface area contributed by atoms with Crippen LogP contribution in [0.25, 0.3) is 21.8 Å². The van der Waals surface area contributed by atoms with Crippen molar-refractivity contribution in [1.29, 1.82) is 0 Å². The topological polar surface area (TPSA) is 28.4 Å². The molecule has 4 aliphatic carbocycles. The molecular weight excluding hydrogens is 404 g/mol. The molecule has 3 nitrogen and oxygen atoms in total. The fourth-order valence-corrected chi connectivity index (χ4v) is 8.83. The Morgan fingerprint density at radius 1 is 0.788 bits per heavy atom. The Bertz CT molecular complexity index is 1070. The van der Waals surface area contributed by atoms with E-state index in [-0.39, 0.29) is 11.5 Å². The third-order valence-electron chi connectivity index (χ3n) is 10.1. The molecule has 1 saturated heterocycles. The van der Waals surface area contributed by atoms with Gasteiger partial charge in [0.25, 0.3) is 0 Å². The van der Waals surface area contributed by atoms with Crippen LogP contribution in [0.15, 0.2) is 48.5 Å². The lowest BCUT2D eigenvalue weighted by Crippen LogP contribution is -2.55. The van der Waals surface area contributed by atoms with E-state index in [2.05, 4.69) is 58.0 Å². The van der Waals surface area contributed by atoms with Crippen LogP contribution in [-0.2, 0) is 6.54 Å². The van der Waals surface area contributed by atoms with E-state index in [1.165, 1.54) is 73.2 Å². The molecule has 0 unspecified atom stereocenters. The fourth-order valence-electron chi connectivity index (χ4n) is 8.83. The molecule has 5 fully saturated rings. The van der Waals surface area contributed by atoms with E-state index in [0.29, 0.717) is 0 Å². The molecule has 1 aliphatic heterocycles. The first kappa shape index (κ1) is 20.5. The van der Waals surface area contributed by atoms with Crippen LogP contribution >= 0.6 is 0 Å². The third kappa shape index (κ3) is 3.46. The van der Waals surface area contributed by atoms with E-state index in [9.17, 15) is 5.11 Å². The first-order chi connectivity index (χ1) is 16.2. The van der Waals surface area contributed by atoms with Crippen LogP contribution in [0.1, 0.15) is 51.4 Å². The monoisotopic (exact) mass is 442 g/mol. The number of aliphatic hydroxyl groups is 1. The zero-order valence-corrected chi connectivity index (χ0v) is 19.8. The Hall–Kier alpha value is -1.84. The summed E-state index contributed by atoms with van der Waals surface area (Å²) in [6.07, 6.45) is 10.7. The maximum atomic E-state index is 11.4. The molecule has 3 aromatic rings. The quantitative estimate of drug-likeness (QED) is 0.518. The summed E-state index contributed by atoms with van der Waals surface area (Å²) in [4.78, 5) is 2.59. The van der Waals surface area contributed by atoms with Gasteiger partial charge in [-0.25, -0.2) is 0 Å². The smallest absolute Gasteiger partial charge is 0.0723 e. The minimum absolute atomic E-state index is 0.111. The summed E-state index contributed by atoms with van der Waals surface area (Å²) in [5.41, 5.74) is 3.01. The van der Waals surface area contributed by atoms with Gasteiger partial charge in [-0.1, -0.05) is 36.4 Å². The molecular formula is C30H38N2O. The van der Waals surface area contributed by atoms with Crippen LogP contribution < -0.4 is 0 Å². The fraction of sp³-hybridized carbons (Fsp3) is 0.600. The van der Waals surface area contributed by atoms with Gasteiger partial charge in [-0.2, -0.15) is 0 Å². The van der Waals surface area contributed by atoms with Crippen LogP contribution in [0.4, 0.5) is 0 Å². The molecule has 3 heteroatoms. The Balaban J connectivity index is 1.02. The number of aromatic nitrogens is 1. The highest BCUT2D eigenvalue weighted by Gasteiger charge is 2.54. The van der Waals surface area contributed by atoms with Crippen LogP contribution in [0.2, 0.25) is 0 Å². The van der Waals surface area contributed by atoms with Gasteiger partial charge in [0.2, 0.25) is 0 Å². The van der Waals surface area contributed by atoms with Crippen molar-refractivity contribution in [2.75, 3.05) is 19.6 Å². The number of likely N-dealkylation sites (tertiary alicyclic amines) is 1. The normalized spacial score (nSPS) is 33.3. The molecule has 4 bridgehead atoms. The van der Waals surface area contributed by atoms with Gasteiger partial charge in [-0.05, 0) is 106 Å². The Morgan fingerprint density at radius 3 is 1.85 bits per heavy atom.